The molecule has 0 atom stereocenters. The molecule has 28 heavy (non-hydrogen) atoms. The molecule has 2 amide bonds. The summed E-state index contributed by atoms with van der Waals surface area (Å²) in [6.45, 7) is 5.34. The molecule has 1 fully saturated rings. The first kappa shape index (κ1) is 19.7. The average Bonchev–Trinajstić information content (AvgIpc) is 3.54. The lowest BCUT2D eigenvalue weighted by molar-refractivity contribution is -0.122. The Morgan fingerprint density at radius 1 is 0.964 bits per heavy atom. The number of carbonyl (C=O) groups excluding carboxylic acids is 2. The van der Waals surface area contributed by atoms with Gasteiger partial charge in [-0.15, -0.1) is 0 Å². The maximum Gasteiger partial charge on any atom is 0.255 e. The van der Waals surface area contributed by atoms with E-state index in [0.717, 1.165) is 18.4 Å². The van der Waals surface area contributed by atoms with Gasteiger partial charge in [-0.1, -0.05) is 12.1 Å². The van der Waals surface area contributed by atoms with E-state index < -0.39 is 0 Å². The molecule has 0 aromatic heterocycles. The van der Waals surface area contributed by atoms with E-state index in [1.807, 2.05) is 26.0 Å². The Morgan fingerprint density at radius 2 is 1.64 bits per heavy atom. The molecule has 3 rings (SSSR count). The van der Waals surface area contributed by atoms with Crippen LogP contribution in [0.15, 0.2) is 42.5 Å². The smallest absolute Gasteiger partial charge is 0.255 e. The molecular weight excluding hydrogens is 356 g/mol. The van der Waals surface area contributed by atoms with Gasteiger partial charge in [0.05, 0.1) is 13.2 Å². The van der Waals surface area contributed by atoms with E-state index in [0.29, 0.717) is 42.5 Å². The Hall–Kier alpha value is -3.02. The van der Waals surface area contributed by atoms with Gasteiger partial charge in [0, 0.05) is 29.8 Å². The van der Waals surface area contributed by atoms with Crippen LogP contribution < -0.4 is 20.1 Å². The van der Waals surface area contributed by atoms with Crippen molar-refractivity contribution in [1.82, 2.24) is 5.32 Å². The summed E-state index contributed by atoms with van der Waals surface area (Å²) in [7, 11) is 0. The molecule has 0 aliphatic heterocycles. The van der Waals surface area contributed by atoms with Crippen LogP contribution in [0, 0.1) is 5.92 Å². The third-order valence-electron chi connectivity index (χ3n) is 4.43. The Morgan fingerprint density at radius 3 is 2.29 bits per heavy atom. The second-order valence-corrected chi connectivity index (χ2v) is 6.67. The first-order chi connectivity index (χ1) is 13.6. The zero-order valence-electron chi connectivity index (χ0n) is 16.3. The van der Waals surface area contributed by atoms with Gasteiger partial charge < -0.3 is 20.1 Å². The molecule has 1 aliphatic rings. The van der Waals surface area contributed by atoms with E-state index in [4.69, 9.17) is 9.47 Å². The number of amides is 2. The van der Waals surface area contributed by atoms with Crippen LogP contribution in [0.25, 0.3) is 0 Å². The summed E-state index contributed by atoms with van der Waals surface area (Å²) in [6.07, 6.45) is 1.98. The maximum atomic E-state index is 12.5. The minimum atomic E-state index is -0.208. The normalized spacial score (nSPS) is 12.9. The summed E-state index contributed by atoms with van der Waals surface area (Å²) in [6, 6.07) is 12.5. The number of ether oxygens (including phenoxy) is 2. The molecule has 0 spiro atoms. The molecule has 148 valence electrons. The van der Waals surface area contributed by atoms with E-state index in [2.05, 4.69) is 10.6 Å². The summed E-state index contributed by atoms with van der Waals surface area (Å²) < 4.78 is 11.1. The van der Waals surface area contributed by atoms with E-state index in [-0.39, 0.29) is 17.7 Å². The molecule has 6 heteroatoms. The molecular formula is C22H26N2O4. The molecule has 6 nitrogen and oxygen atoms in total. The quantitative estimate of drug-likeness (QED) is 0.692. The van der Waals surface area contributed by atoms with E-state index in [9.17, 15) is 9.59 Å². The van der Waals surface area contributed by atoms with E-state index in [1.54, 1.807) is 30.3 Å². The van der Waals surface area contributed by atoms with Crippen molar-refractivity contribution in [2.45, 2.75) is 33.2 Å². The molecule has 0 saturated heterocycles. The van der Waals surface area contributed by atoms with Gasteiger partial charge in [-0.05, 0) is 56.5 Å². The van der Waals surface area contributed by atoms with Crippen LogP contribution in [0.3, 0.4) is 0 Å². The molecule has 1 saturated carbocycles. The van der Waals surface area contributed by atoms with Gasteiger partial charge in [0.1, 0.15) is 0 Å². The molecule has 0 heterocycles. The maximum absolute atomic E-state index is 12.5. The highest BCUT2D eigenvalue weighted by Crippen LogP contribution is 2.31. The second-order valence-electron chi connectivity index (χ2n) is 6.67. The van der Waals surface area contributed by atoms with Crippen molar-refractivity contribution in [2.24, 2.45) is 5.92 Å². The number of benzene rings is 2. The molecule has 0 radical (unpaired) electrons. The molecule has 2 aromatic rings. The second kappa shape index (κ2) is 9.26. The molecule has 1 aliphatic carbocycles. The van der Waals surface area contributed by atoms with Crippen LogP contribution in [0.4, 0.5) is 5.69 Å². The summed E-state index contributed by atoms with van der Waals surface area (Å²) >= 11 is 0. The summed E-state index contributed by atoms with van der Waals surface area (Å²) in [5.74, 6) is 1.35. The van der Waals surface area contributed by atoms with Gasteiger partial charge in [-0.25, -0.2) is 0 Å². The fourth-order valence-electron chi connectivity index (χ4n) is 2.79. The van der Waals surface area contributed by atoms with Gasteiger partial charge in [-0.2, -0.15) is 0 Å². The van der Waals surface area contributed by atoms with Crippen molar-refractivity contribution in [1.29, 1.82) is 0 Å². The molecule has 0 unspecified atom stereocenters. The number of rotatable bonds is 9. The third-order valence-corrected chi connectivity index (χ3v) is 4.43. The zero-order chi connectivity index (χ0) is 19.9. The highest BCUT2D eigenvalue weighted by atomic mass is 16.5. The highest BCUT2D eigenvalue weighted by molar-refractivity contribution is 6.04. The van der Waals surface area contributed by atoms with Crippen molar-refractivity contribution >= 4 is 17.5 Å². The van der Waals surface area contributed by atoms with Crippen molar-refractivity contribution in [2.75, 3.05) is 18.5 Å². The lowest BCUT2D eigenvalue weighted by Gasteiger charge is -2.13. The lowest BCUT2D eigenvalue weighted by Crippen LogP contribution is -2.24. The standard InChI is InChI=1S/C22H26N2O4/c1-3-27-19-12-11-18(13-20(19)28-4-2)24-22(26)17-7-5-15(6-8-17)14-23-21(25)16-9-10-16/h5-8,11-13,16H,3-4,9-10,14H2,1-2H3,(H,23,25)(H,24,26). The van der Waals surface area contributed by atoms with Crippen LogP contribution in [0.5, 0.6) is 11.5 Å². The summed E-state index contributed by atoms with van der Waals surface area (Å²) in [4.78, 5) is 24.2. The fraction of sp³-hybridized carbons (Fsp3) is 0.364. The number of nitrogens with one attached hydrogen (secondary N) is 2. The largest absolute Gasteiger partial charge is 0.490 e. The van der Waals surface area contributed by atoms with E-state index in [1.165, 1.54) is 0 Å². The predicted molar refractivity (Wildman–Crippen MR) is 108 cm³/mol. The first-order valence-corrected chi connectivity index (χ1v) is 9.68. The topological polar surface area (TPSA) is 76.7 Å². The number of carbonyl (C=O) groups is 2. The zero-order valence-corrected chi connectivity index (χ0v) is 16.3. The number of anilines is 1. The lowest BCUT2D eigenvalue weighted by atomic mass is 10.1. The van der Waals surface area contributed by atoms with Crippen LogP contribution in [0.2, 0.25) is 0 Å². The fourth-order valence-corrected chi connectivity index (χ4v) is 2.79. The summed E-state index contributed by atoms with van der Waals surface area (Å²) in [5.41, 5.74) is 2.15. The van der Waals surface area contributed by atoms with Crippen LogP contribution in [-0.4, -0.2) is 25.0 Å². The highest BCUT2D eigenvalue weighted by Gasteiger charge is 2.29. The van der Waals surface area contributed by atoms with E-state index >= 15 is 0 Å². The number of hydrogen-bond acceptors (Lipinski definition) is 4. The Kier molecular flexibility index (Phi) is 6.53. The Labute approximate surface area is 165 Å². The molecule has 2 N–H and O–H groups in total. The minimum Gasteiger partial charge on any atom is -0.490 e. The van der Waals surface area contributed by atoms with Crippen LogP contribution in [0.1, 0.15) is 42.6 Å². The van der Waals surface area contributed by atoms with Crippen molar-refractivity contribution < 1.29 is 19.1 Å². The van der Waals surface area contributed by atoms with Crippen molar-refractivity contribution in [3.05, 3.63) is 53.6 Å². The van der Waals surface area contributed by atoms with Crippen molar-refractivity contribution in [3.8, 4) is 11.5 Å². The van der Waals surface area contributed by atoms with Gasteiger partial charge in [-0.3, -0.25) is 9.59 Å². The van der Waals surface area contributed by atoms with Gasteiger partial charge in [0.15, 0.2) is 11.5 Å². The predicted octanol–water partition coefficient (Wildman–Crippen LogP) is 3.76. The summed E-state index contributed by atoms with van der Waals surface area (Å²) in [5, 5.41) is 5.79. The molecule has 0 bridgehead atoms. The average molecular weight is 382 g/mol. The third kappa shape index (κ3) is 5.25. The van der Waals surface area contributed by atoms with Crippen molar-refractivity contribution in [3.63, 3.8) is 0 Å². The monoisotopic (exact) mass is 382 g/mol. The molecule has 2 aromatic carbocycles. The first-order valence-electron chi connectivity index (χ1n) is 9.68. The van der Waals surface area contributed by atoms with Gasteiger partial charge in [0.25, 0.3) is 5.91 Å². The Balaban J connectivity index is 1.60. The minimum absolute atomic E-state index is 0.113. The SMILES string of the molecule is CCOc1ccc(NC(=O)c2ccc(CNC(=O)C3CC3)cc2)cc1OCC. The van der Waals surface area contributed by atoms with Gasteiger partial charge in [0.2, 0.25) is 5.91 Å². The Bertz CT molecular complexity index is 829. The van der Waals surface area contributed by atoms with Gasteiger partial charge >= 0.3 is 0 Å². The van der Waals surface area contributed by atoms with Crippen LogP contribution >= 0.6 is 0 Å². The number of hydrogen-bond donors (Lipinski definition) is 2. The van der Waals surface area contributed by atoms with Crippen LogP contribution in [-0.2, 0) is 11.3 Å².